The zero-order chi connectivity index (χ0) is 14.9. The van der Waals surface area contributed by atoms with E-state index in [1.807, 2.05) is 13.8 Å². The van der Waals surface area contributed by atoms with Crippen molar-refractivity contribution < 1.29 is 13.2 Å². The van der Waals surface area contributed by atoms with Gasteiger partial charge < -0.3 is 10.5 Å². The second-order valence-corrected chi connectivity index (χ2v) is 8.00. The summed E-state index contributed by atoms with van der Waals surface area (Å²) >= 11 is 0. The average molecular weight is 305 g/mol. The Bertz CT molecular complexity index is 419. The fourth-order valence-electron chi connectivity index (χ4n) is 3.31. The molecule has 0 aromatic heterocycles. The quantitative estimate of drug-likeness (QED) is 0.819. The van der Waals surface area contributed by atoms with Crippen LogP contribution in [0.15, 0.2) is 0 Å². The van der Waals surface area contributed by atoms with E-state index in [9.17, 15) is 8.42 Å². The van der Waals surface area contributed by atoms with Crippen molar-refractivity contribution in [2.24, 2.45) is 11.7 Å². The normalized spacial score (nSPS) is 38.0. The second-order valence-electron chi connectivity index (χ2n) is 6.12. The molecule has 2 aliphatic rings. The van der Waals surface area contributed by atoms with Gasteiger partial charge in [-0.2, -0.15) is 17.0 Å². The number of hydrogen-bond donors (Lipinski definition) is 1. The Morgan fingerprint density at radius 3 is 2.35 bits per heavy atom. The lowest BCUT2D eigenvalue weighted by molar-refractivity contribution is -0.0462. The monoisotopic (exact) mass is 305 g/mol. The van der Waals surface area contributed by atoms with Gasteiger partial charge >= 0.3 is 0 Å². The van der Waals surface area contributed by atoms with Crippen LogP contribution in [0.5, 0.6) is 0 Å². The highest BCUT2D eigenvalue weighted by molar-refractivity contribution is 7.86. The highest BCUT2D eigenvalue weighted by atomic mass is 32.2. The number of ether oxygens (including phenoxy) is 1. The number of morpholine rings is 1. The number of rotatable bonds is 3. The molecule has 2 saturated heterocycles. The third-order valence-corrected chi connectivity index (χ3v) is 6.31. The Morgan fingerprint density at radius 2 is 1.80 bits per heavy atom. The summed E-state index contributed by atoms with van der Waals surface area (Å²) in [7, 11) is -3.44. The lowest BCUT2D eigenvalue weighted by Gasteiger charge is -2.43. The fourth-order valence-corrected chi connectivity index (χ4v) is 5.40. The van der Waals surface area contributed by atoms with Crippen LogP contribution in [0, 0.1) is 5.92 Å². The lowest BCUT2D eigenvalue weighted by Crippen LogP contribution is -2.59. The van der Waals surface area contributed by atoms with Gasteiger partial charge in [-0.1, -0.05) is 6.92 Å². The van der Waals surface area contributed by atoms with Gasteiger partial charge in [0, 0.05) is 32.2 Å². The van der Waals surface area contributed by atoms with E-state index in [0.717, 1.165) is 12.8 Å². The summed E-state index contributed by atoms with van der Waals surface area (Å²) in [5, 5.41) is 0. The Balaban J connectivity index is 2.20. The average Bonchev–Trinajstić information content (AvgIpc) is 2.37. The van der Waals surface area contributed by atoms with E-state index >= 15 is 0 Å². The van der Waals surface area contributed by atoms with Crippen LogP contribution in [0.1, 0.15) is 33.6 Å². The van der Waals surface area contributed by atoms with E-state index in [1.165, 1.54) is 0 Å². The molecule has 0 saturated carbocycles. The van der Waals surface area contributed by atoms with Crippen molar-refractivity contribution in [1.29, 1.82) is 0 Å². The highest BCUT2D eigenvalue weighted by Gasteiger charge is 2.41. The van der Waals surface area contributed by atoms with E-state index < -0.39 is 10.2 Å². The zero-order valence-electron chi connectivity index (χ0n) is 12.7. The minimum absolute atomic E-state index is 0.0629. The van der Waals surface area contributed by atoms with Crippen molar-refractivity contribution >= 4 is 10.2 Å². The molecule has 6 nitrogen and oxygen atoms in total. The third kappa shape index (κ3) is 3.17. The molecule has 4 atom stereocenters. The van der Waals surface area contributed by atoms with Crippen LogP contribution in [-0.4, -0.2) is 61.5 Å². The molecule has 0 unspecified atom stereocenters. The molecule has 0 aliphatic carbocycles. The van der Waals surface area contributed by atoms with E-state index in [0.29, 0.717) is 32.1 Å². The van der Waals surface area contributed by atoms with Gasteiger partial charge in [-0.05, 0) is 32.6 Å². The maximum absolute atomic E-state index is 12.9. The molecule has 0 aromatic rings. The molecule has 2 rings (SSSR count). The maximum atomic E-state index is 12.9. The van der Waals surface area contributed by atoms with Crippen LogP contribution in [0.3, 0.4) is 0 Å². The number of nitrogens with zero attached hydrogens (tertiary/aromatic N) is 2. The first-order valence-electron chi connectivity index (χ1n) is 7.48. The van der Waals surface area contributed by atoms with Crippen molar-refractivity contribution in [1.82, 2.24) is 8.61 Å². The van der Waals surface area contributed by atoms with Gasteiger partial charge in [0.1, 0.15) is 0 Å². The first-order chi connectivity index (χ1) is 9.36. The molecular formula is C13H27N3O3S. The van der Waals surface area contributed by atoms with Crippen molar-refractivity contribution in [3.8, 4) is 0 Å². The van der Waals surface area contributed by atoms with E-state index in [4.69, 9.17) is 10.5 Å². The molecule has 2 heterocycles. The first-order valence-corrected chi connectivity index (χ1v) is 8.88. The van der Waals surface area contributed by atoms with Gasteiger partial charge in [0.25, 0.3) is 10.2 Å². The molecule has 2 N–H and O–H groups in total. The van der Waals surface area contributed by atoms with Crippen LogP contribution < -0.4 is 5.73 Å². The number of piperidine rings is 1. The fraction of sp³-hybridized carbons (Fsp3) is 1.00. The summed E-state index contributed by atoms with van der Waals surface area (Å²) in [6.07, 6.45) is 1.83. The largest absolute Gasteiger partial charge is 0.373 e. The Kier molecular flexibility index (Phi) is 5.07. The summed E-state index contributed by atoms with van der Waals surface area (Å²) in [6.45, 7) is 7.73. The van der Waals surface area contributed by atoms with Gasteiger partial charge in [-0.3, -0.25) is 0 Å². The Labute approximate surface area is 122 Å². The smallest absolute Gasteiger partial charge is 0.282 e. The molecular weight excluding hydrogens is 278 g/mol. The zero-order valence-corrected chi connectivity index (χ0v) is 13.5. The van der Waals surface area contributed by atoms with Gasteiger partial charge in [0.15, 0.2) is 0 Å². The van der Waals surface area contributed by atoms with Crippen LogP contribution in [-0.2, 0) is 14.9 Å². The van der Waals surface area contributed by atoms with Crippen LogP contribution in [0.2, 0.25) is 0 Å². The van der Waals surface area contributed by atoms with Crippen LogP contribution >= 0.6 is 0 Å². The summed E-state index contributed by atoms with van der Waals surface area (Å²) < 4.78 is 34.6. The number of nitrogens with two attached hydrogens (primary N) is 1. The molecule has 2 aliphatic heterocycles. The van der Waals surface area contributed by atoms with Gasteiger partial charge in [0.2, 0.25) is 0 Å². The predicted octanol–water partition coefficient (Wildman–Crippen LogP) is 0.400. The highest BCUT2D eigenvalue weighted by Crippen LogP contribution is 2.28. The van der Waals surface area contributed by atoms with Crippen molar-refractivity contribution in [2.75, 3.05) is 26.2 Å². The van der Waals surface area contributed by atoms with Crippen molar-refractivity contribution in [3.05, 3.63) is 0 Å². The van der Waals surface area contributed by atoms with Gasteiger partial charge in [-0.15, -0.1) is 0 Å². The van der Waals surface area contributed by atoms with Crippen LogP contribution in [0.25, 0.3) is 0 Å². The van der Waals surface area contributed by atoms with E-state index in [-0.39, 0.29) is 18.2 Å². The molecule has 0 spiro atoms. The number of hydrogen-bond acceptors (Lipinski definition) is 4. The van der Waals surface area contributed by atoms with E-state index in [1.54, 1.807) is 8.61 Å². The summed E-state index contributed by atoms with van der Waals surface area (Å²) in [6, 6.07) is -0.0813. The molecule has 0 aromatic carbocycles. The minimum atomic E-state index is -3.44. The summed E-state index contributed by atoms with van der Waals surface area (Å²) in [5.41, 5.74) is 5.82. The second kappa shape index (κ2) is 6.27. The molecule has 0 radical (unpaired) electrons. The van der Waals surface area contributed by atoms with Crippen molar-refractivity contribution in [2.45, 2.75) is 51.9 Å². The van der Waals surface area contributed by atoms with Crippen molar-refractivity contribution in [3.63, 3.8) is 0 Å². The topological polar surface area (TPSA) is 75.9 Å². The van der Waals surface area contributed by atoms with E-state index in [2.05, 4.69) is 6.92 Å². The standard InChI is InChI=1S/C13H27N3O3S/c1-10-5-4-6-16(13(10)7-14)20(17,18)15-8-11(2)19-12(3)9-15/h10-13H,4-9,14H2,1-3H3/t10-,11-,12+,13-/m0/s1. The molecule has 118 valence electrons. The third-order valence-electron chi connectivity index (χ3n) is 4.31. The maximum Gasteiger partial charge on any atom is 0.282 e. The van der Waals surface area contributed by atoms with Gasteiger partial charge in [0.05, 0.1) is 12.2 Å². The molecule has 2 fully saturated rings. The molecule has 7 heteroatoms. The van der Waals surface area contributed by atoms with Gasteiger partial charge in [-0.25, -0.2) is 0 Å². The Morgan fingerprint density at radius 1 is 1.20 bits per heavy atom. The minimum Gasteiger partial charge on any atom is -0.373 e. The summed E-state index contributed by atoms with van der Waals surface area (Å²) in [4.78, 5) is 0. The molecule has 0 bridgehead atoms. The SMILES string of the molecule is C[C@@H]1CN(S(=O)(=O)N2CCC[C@H](C)[C@@H]2CN)C[C@H](C)O1. The predicted molar refractivity (Wildman–Crippen MR) is 78.4 cm³/mol. The summed E-state index contributed by atoms with van der Waals surface area (Å²) in [5.74, 6) is 0.319. The van der Waals surface area contributed by atoms with Crippen LogP contribution in [0.4, 0.5) is 0 Å². The molecule has 0 amide bonds. The Hall–Kier alpha value is -0.210. The first kappa shape index (κ1) is 16.2. The lowest BCUT2D eigenvalue weighted by atomic mass is 9.93. The molecule has 20 heavy (non-hydrogen) atoms.